The molecule has 0 spiro atoms. The van der Waals surface area contributed by atoms with Crippen molar-refractivity contribution in [3.05, 3.63) is 60.0 Å². The molecule has 0 fully saturated rings. The van der Waals surface area contributed by atoms with E-state index in [1.807, 2.05) is 5.48 Å². The minimum Gasteiger partial charge on any atom is -0.497 e. The highest BCUT2D eigenvalue weighted by Gasteiger charge is 2.25. The van der Waals surface area contributed by atoms with Crippen LogP contribution in [-0.2, 0) is 7.05 Å². The second-order valence-electron chi connectivity index (χ2n) is 5.93. The zero-order valence-corrected chi connectivity index (χ0v) is 15.6. The number of halogens is 2. The van der Waals surface area contributed by atoms with Crippen molar-refractivity contribution in [2.24, 2.45) is 7.05 Å². The molecule has 146 valence electrons. The minimum absolute atomic E-state index is 0.0797. The Hall–Kier alpha value is -3.46. The maximum atomic E-state index is 14.8. The van der Waals surface area contributed by atoms with Gasteiger partial charge in [-0.1, -0.05) is 6.58 Å². The van der Waals surface area contributed by atoms with Crippen LogP contribution in [0, 0.1) is 18.6 Å². The Morgan fingerprint density at radius 2 is 1.93 bits per heavy atom. The Balaban J connectivity index is 2.32. The van der Waals surface area contributed by atoms with Gasteiger partial charge in [-0.2, -0.15) is 5.10 Å². The second kappa shape index (κ2) is 7.65. The van der Waals surface area contributed by atoms with E-state index in [0.29, 0.717) is 22.9 Å². The van der Waals surface area contributed by atoms with Crippen molar-refractivity contribution in [3.63, 3.8) is 0 Å². The van der Waals surface area contributed by atoms with E-state index in [1.54, 1.807) is 24.6 Å². The van der Waals surface area contributed by atoms with Gasteiger partial charge < -0.3 is 4.74 Å². The molecule has 0 saturated heterocycles. The quantitative estimate of drug-likeness (QED) is 0.634. The number of nitrogens with zero attached hydrogens (tertiary/aromatic N) is 4. The highest BCUT2D eigenvalue weighted by Crippen LogP contribution is 2.36. The third kappa shape index (κ3) is 3.16. The Kier molecular flexibility index (Phi) is 5.27. The number of ether oxygens (including phenoxy) is 1. The topological polar surface area (TPSA) is 77.1 Å². The normalized spacial score (nSPS) is 11.2. The summed E-state index contributed by atoms with van der Waals surface area (Å²) in [6.45, 7) is 5.38. The van der Waals surface area contributed by atoms with Crippen molar-refractivity contribution >= 4 is 12.2 Å². The number of aromatic nitrogens is 4. The predicted molar refractivity (Wildman–Crippen MR) is 101 cm³/mol. The summed E-state index contributed by atoms with van der Waals surface area (Å²) in [6.07, 6.45) is 5.87. The molecule has 0 unspecified atom stereocenters. The summed E-state index contributed by atoms with van der Waals surface area (Å²) >= 11 is 0. The monoisotopic (exact) mass is 387 g/mol. The standard InChI is InChI=1S/C19H19F2N5O2/c1-5-15-16(6-7-23-27)26(10-22-15)19-17(11(2)24-25(19)3)18-13(20)8-12(28-4)9-14(18)21/h5-10,23,27H,1H2,2-4H3/b7-6-. The Labute approximate surface area is 160 Å². The zero-order valence-electron chi connectivity index (χ0n) is 15.6. The van der Waals surface area contributed by atoms with Crippen molar-refractivity contribution in [3.8, 4) is 22.7 Å². The molecule has 0 radical (unpaired) electrons. The van der Waals surface area contributed by atoms with Crippen LogP contribution < -0.4 is 10.2 Å². The molecule has 2 N–H and O–H groups in total. The van der Waals surface area contributed by atoms with Crippen LogP contribution in [0.3, 0.4) is 0 Å². The predicted octanol–water partition coefficient (Wildman–Crippen LogP) is 3.46. The lowest BCUT2D eigenvalue weighted by atomic mass is 10.0. The largest absolute Gasteiger partial charge is 0.497 e. The van der Waals surface area contributed by atoms with E-state index in [-0.39, 0.29) is 16.9 Å². The SMILES string of the molecule is C=Cc1ncn(-c2c(-c3c(F)cc(OC)cc3F)c(C)nn2C)c1/C=C\NO. The van der Waals surface area contributed by atoms with Gasteiger partial charge in [0.2, 0.25) is 0 Å². The van der Waals surface area contributed by atoms with Gasteiger partial charge in [-0.25, -0.2) is 13.8 Å². The number of imidazole rings is 1. The summed E-state index contributed by atoms with van der Waals surface area (Å²) in [5.41, 5.74) is 3.47. The number of methoxy groups -OCH3 is 1. The van der Waals surface area contributed by atoms with Gasteiger partial charge in [0.05, 0.1) is 35.3 Å². The molecule has 0 aliphatic heterocycles. The fraction of sp³-hybridized carbons (Fsp3) is 0.158. The number of rotatable bonds is 6. The van der Waals surface area contributed by atoms with Gasteiger partial charge in [-0.3, -0.25) is 19.9 Å². The van der Waals surface area contributed by atoms with Gasteiger partial charge in [0.1, 0.15) is 29.5 Å². The maximum absolute atomic E-state index is 14.8. The summed E-state index contributed by atoms with van der Waals surface area (Å²) in [5, 5.41) is 13.2. The molecule has 9 heteroatoms. The molecule has 28 heavy (non-hydrogen) atoms. The van der Waals surface area contributed by atoms with Crippen molar-refractivity contribution in [2.45, 2.75) is 6.92 Å². The summed E-state index contributed by atoms with van der Waals surface area (Å²) in [7, 11) is 3.00. The molecule has 3 rings (SSSR count). The summed E-state index contributed by atoms with van der Waals surface area (Å²) in [4.78, 5) is 4.26. The summed E-state index contributed by atoms with van der Waals surface area (Å²) in [6, 6.07) is 2.24. The first-order valence-electron chi connectivity index (χ1n) is 8.26. The van der Waals surface area contributed by atoms with E-state index in [4.69, 9.17) is 9.94 Å². The number of hydrogen-bond acceptors (Lipinski definition) is 5. The number of nitrogens with one attached hydrogen (secondary N) is 1. The van der Waals surface area contributed by atoms with E-state index in [1.165, 1.54) is 30.4 Å². The third-order valence-corrected chi connectivity index (χ3v) is 4.26. The number of hydroxylamine groups is 1. The zero-order chi connectivity index (χ0) is 20.4. The highest BCUT2D eigenvalue weighted by atomic mass is 19.1. The van der Waals surface area contributed by atoms with E-state index in [9.17, 15) is 8.78 Å². The lowest BCUT2D eigenvalue weighted by Gasteiger charge is -2.12. The molecule has 0 saturated carbocycles. The fourth-order valence-electron chi connectivity index (χ4n) is 3.10. The smallest absolute Gasteiger partial charge is 0.144 e. The third-order valence-electron chi connectivity index (χ3n) is 4.26. The van der Waals surface area contributed by atoms with Gasteiger partial charge in [-0.05, 0) is 19.1 Å². The molecular formula is C19H19F2N5O2. The number of benzene rings is 1. The van der Waals surface area contributed by atoms with Crippen molar-refractivity contribution in [1.82, 2.24) is 24.8 Å². The number of aryl methyl sites for hydroxylation is 2. The van der Waals surface area contributed by atoms with Gasteiger partial charge in [0.25, 0.3) is 0 Å². The van der Waals surface area contributed by atoms with Crippen LogP contribution in [0.15, 0.2) is 31.2 Å². The molecule has 1 aromatic carbocycles. The second-order valence-corrected chi connectivity index (χ2v) is 5.93. The summed E-state index contributed by atoms with van der Waals surface area (Å²) < 4.78 is 37.6. The van der Waals surface area contributed by atoms with Crippen molar-refractivity contribution in [2.75, 3.05) is 7.11 Å². The molecule has 2 aromatic heterocycles. The lowest BCUT2D eigenvalue weighted by molar-refractivity contribution is 0.215. The van der Waals surface area contributed by atoms with E-state index in [0.717, 1.165) is 12.1 Å². The fourth-order valence-corrected chi connectivity index (χ4v) is 3.10. The first kappa shape index (κ1) is 19.3. The van der Waals surface area contributed by atoms with Crippen LogP contribution >= 0.6 is 0 Å². The Bertz CT molecular complexity index is 1050. The Morgan fingerprint density at radius 1 is 1.25 bits per heavy atom. The van der Waals surface area contributed by atoms with Gasteiger partial charge in [0.15, 0.2) is 0 Å². The van der Waals surface area contributed by atoms with Crippen molar-refractivity contribution < 1.29 is 18.7 Å². The van der Waals surface area contributed by atoms with E-state index in [2.05, 4.69) is 16.7 Å². The number of hydrogen-bond donors (Lipinski definition) is 2. The highest BCUT2D eigenvalue weighted by molar-refractivity contribution is 5.76. The molecular weight excluding hydrogens is 368 g/mol. The molecule has 7 nitrogen and oxygen atoms in total. The summed E-state index contributed by atoms with van der Waals surface area (Å²) in [5.74, 6) is -1.06. The van der Waals surface area contributed by atoms with Gasteiger partial charge in [0, 0.05) is 25.4 Å². The van der Waals surface area contributed by atoms with Gasteiger partial charge in [-0.15, -0.1) is 0 Å². The lowest BCUT2D eigenvalue weighted by Crippen LogP contribution is -2.06. The molecule has 0 amide bonds. The molecule has 3 aromatic rings. The van der Waals surface area contributed by atoms with Crippen LogP contribution in [0.1, 0.15) is 17.1 Å². The molecule has 0 aliphatic rings. The first-order chi connectivity index (χ1) is 13.4. The first-order valence-corrected chi connectivity index (χ1v) is 8.26. The molecule has 0 aliphatic carbocycles. The molecule has 0 bridgehead atoms. The van der Waals surface area contributed by atoms with Crippen LogP contribution in [0.5, 0.6) is 5.75 Å². The molecule has 0 atom stereocenters. The van der Waals surface area contributed by atoms with Gasteiger partial charge >= 0.3 is 0 Å². The average molecular weight is 387 g/mol. The maximum Gasteiger partial charge on any atom is 0.144 e. The average Bonchev–Trinajstić information content (AvgIpc) is 3.18. The van der Waals surface area contributed by atoms with Crippen LogP contribution in [0.2, 0.25) is 0 Å². The van der Waals surface area contributed by atoms with Crippen LogP contribution in [0.4, 0.5) is 8.78 Å². The van der Waals surface area contributed by atoms with Crippen LogP contribution in [0.25, 0.3) is 29.1 Å². The van der Waals surface area contributed by atoms with E-state index < -0.39 is 11.6 Å². The minimum atomic E-state index is -0.771. The van der Waals surface area contributed by atoms with Crippen molar-refractivity contribution in [1.29, 1.82) is 0 Å². The van der Waals surface area contributed by atoms with Crippen LogP contribution in [-0.4, -0.2) is 31.6 Å². The Morgan fingerprint density at radius 3 is 2.50 bits per heavy atom. The molecule has 2 heterocycles. The van der Waals surface area contributed by atoms with E-state index >= 15 is 0 Å².